The van der Waals surface area contributed by atoms with Crippen LogP contribution < -0.4 is 0 Å². The van der Waals surface area contributed by atoms with E-state index in [1.807, 2.05) is 24.3 Å². The Kier molecular flexibility index (Phi) is 9.92. The summed E-state index contributed by atoms with van der Waals surface area (Å²) in [6.45, 7) is 6.45. The van der Waals surface area contributed by atoms with E-state index in [-0.39, 0.29) is 23.0 Å². The zero-order chi connectivity index (χ0) is 24.4. The van der Waals surface area contributed by atoms with Gasteiger partial charge in [0.25, 0.3) is 0 Å². The Labute approximate surface area is 196 Å². The van der Waals surface area contributed by atoms with Gasteiger partial charge in [0, 0.05) is 0 Å². The summed E-state index contributed by atoms with van der Waals surface area (Å²) in [6.07, 6.45) is 5.15. The molecule has 5 N–H and O–H groups in total. The van der Waals surface area contributed by atoms with E-state index in [9.17, 15) is 20.4 Å². The lowest BCUT2D eigenvalue weighted by molar-refractivity contribution is 0.377. The summed E-state index contributed by atoms with van der Waals surface area (Å²) >= 11 is 0. The van der Waals surface area contributed by atoms with Crippen LogP contribution in [0.4, 0.5) is 0 Å². The quantitative estimate of drug-likeness (QED) is 0.258. The normalized spacial score (nSPS) is 12.5. The van der Waals surface area contributed by atoms with Crippen molar-refractivity contribution in [2.75, 3.05) is 0 Å². The van der Waals surface area contributed by atoms with Gasteiger partial charge in [0.1, 0.15) is 5.75 Å². The zero-order valence-corrected chi connectivity index (χ0v) is 19.7. The fourth-order valence-corrected chi connectivity index (χ4v) is 3.58. The van der Waals surface area contributed by atoms with Gasteiger partial charge in [-0.2, -0.15) is 0 Å². The molecule has 0 aliphatic rings. The summed E-state index contributed by atoms with van der Waals surface area (Å²) < 4.78 is 0. The van der Waals surface area contributed by atoms with Gasteiger partial charge < -0.3 is 25.5 Å². The third-order valence-corrected chi connectivity index (χ3v) is 5.92. The fraction of sp³-hybridized carbons (Fsp3) is 0.357. The third-order valence-electron chi connectivity index (χ3n) is 5.92. The third kappa shape index (κ3) is 8.60. The predicted octanol–water partition coefficient (Wildman–Crippen LogP) is 6.30. The SMILES string of the molecule is CCCCc1ccc(O)cc1.C[C@H](Cc1ccc(O)c(O)c1)[C@@H](C)Cc1ccc(O)c(O)c1. The number of hydrogen-bond donors (Lipinski definition) is 5. The van der Waals surface area contributed by atoms with Crippen LogP contribution in [0, 0.1) is 11.8 Å². The van der Waals surface area contributed by atoms with Gasteiger partial charge >= 0.3 is 0 Å². The Morgan fingerprint density at radius 1 is 0.576 bits per heavy atom. The lowest BCUT2D eigenvalue weighted by atomic mass is 9.85. The number of aromatic hydroxyl groups is 5. The standard InChI is InChI=1S/C18H22O4.C10H14O/c1-11(7-13-3-5-15(19)17(21)9-13)12(2)8-14-4-6-16(20)18(22)10-14;1-2-3-4-9-5-7-10(11)8-6-9/h3-6,9-12,19-22H,7-8H2,1-2H3;5-8,11H,2-4H2,1H3/t11-,12+;. The topological polar surface area (TPSA) is 101 Å². The molecule has 0 bridgehead atoms. The molecule has 0 heterocycles. The average molecular weight is 453 g/mol. The van der Waals surface area contributed by atoms with Crippen LogP contribution in [0.25, 0.3) is 0 Å². The number of aryl methyl sites for hydroxylation is 1. The van der Waals surface area contributed by atoms with Gasteiger partial charge in [-0.1, -0.05) is 51.5 Å². The average Bonchev–Trinajstić information content (AvgIpc) is 2.79. The molecule has 2 atom stereocenters. The van der Waals surface area contributed by atoms with Gasteiger partial charge in [-0.05, 0) is 90.6 Å². The second kappa shape index (κ2) is 12.6. The Hall–Kier alpha value is -3.34. The molecule has 0 aromatic heterocycles. The maximum atomic E-state index is 9.54. The lowest BCUT2D eigenvalue weighted by Gasteiger charge is -2.20. The van der Waals surface area contributed by atoms with Crippen LogP contribution in [0.2, 0.25) is 0 Å². The van der Waals surface area contributed by atoms with Crippen molar-refractivity contribution in [2.24, 2.45) is 11.8 Å². The molecule has 5 nitrogen and oxygen atoms in total. The molecule has 0 radical (unpaired) electrons. The minimum absolute atomic E-state index is 0.0965. The second-order valence-corrected chi connectivity index (χ2v) is 8.78. The molecule has 0 aliphatic carbocycles. The number of phenolic OH excluding ortho intramolecular Hbond substituents is 5. The van der Waals surface area contributed by atoms with Crippen LogP contribution in [0.15, 0.2) is 60.7 Å². The van der Waals surface area contributed by atoms with Gasteiger partial charge in [0.2, 0.25) is 0 Å². The number of benzene rings is 3. The molecule has 0 aliphatic heterocycles. The first kappa shape index (κ1) is 25.9. The van der Waals surface area contributed by atoms with Gasteiger partial charge in [-0.3, -0.25) is 0 Å². The molecule has 0 saturated heterocycles. The summed E-state index contributed by atoms with van der Waals surface area (Å²) in [4.78, 5) is 0. The van der Waals surface area contributed by atoms with E-state index in [0.717, 1.165) is 30.4 Å². The summed E-state index contributed by atoms with van der Waals surface area (Å²) in [5, 5.41) is 46.7. The van der Waals surface area contributed by atoms with Crippen LogP contribution >= 0.6 is 0 Å². The van der Waals surface area contributed by atoms with Crippen molar-refractivity contribution in [3.05, 3.63) is 77.4 Å². The molecule has 0 saturated carbocycles. The van der Waals surface area contributed by atoms with E-state index in [1.165, 1.54) is 30.5 Å². The van der Waals surface area contributed by atoms with Crippen LogP contribution in [0.5, 0.6) is 28.7 Å². The van der Waals surface area contributed by atoms with Gasteiger partial charge in [-0.15, -0.1) is 0 Å². The highest BCUT2D eigenvalue weighted by atomic mass is 16.3. The van der Waals surface area contributed by atoms with Crippen molar-refractivity contribution < 1.29 is 25.5 Å². The Bertz CT molecular complexity index is 940. The summed E-state index contributed by atoms with van der Waals surface area (Å²) in [5.41, 5.74) is 3.26. The first-order chi connectivity index (χ1) is 15.7. The summed E-state index contributed by atoms with van der Waals surface area (Å²) in [5.74, 6) is 0.666. The molecular weight excluding hydrogens is 416 g/mol. The van der Waals surface area contributed by atoms with Crippen molar-refractivity contribution in [2.45, 2.75) is 52.9 Å². The van der Waals surface area contributed by atoms with E-state index in [4.69, 9.17) is 5.11 Å². The van der Waals surface area contributed by atoms with Crippen LogP contribution in [-0.4, -0.2) is 25.5 Å². The highest BCUT2D eigenvalue weighted by molar-refractivity contribution is 5.41. The van der Waals surface area contributed by atoms with E-state index in [2.05, 4.69) is 20.8 Å². The molecule has 0 amide bonds. The maximum Gasteiger partial charge on any atom is 0.157 e. The van der Waals surface area contributed by atoms with E-state index >= 15 is 0 Å². The smallest absolute Gasteiger partial charge is 0.157 e. The molecule has 3 aromatic rings. The number of rotatable bonds is 8. The Balaban J connectivity index is 0.000000294. The molecule has 0 spiro atoms. The lowest BCUT2D eigenvalue weighted by Crippen LogP contribution is -2.13. The molecule has 3 aromatic carbocycles. The second-order valence-electron chi connectivity index (χ2n) is 8.78. The van der Waals surface area contributed by atoms with E-state index < -0.39 is 0 Å². The molecule has 0 unspecified atom stereocenters. The van der Waals surface area contributed by atoms with Gasteiger partial charge in [0.05, 0.1) is 0 Å². The summed E-state index contributed by atoms with van der Waals surface area (Å²) in [6, 6.07) is 17.2. The fourth-order valence-electron chi connectivity index (χ4n) is 3.58. The number of unbranched alkanes of at least 4 members (excludes halogenated alkanes) is 1. The zero-order valence-electron chi connectivity index (χ0n) is 19.7. The number of hydrogen-bond acceptors (Lipinski definition) is 5. The molecule has 5 heteroatoms. The van der Waals surface area contributed by atoms with E-state index in [1.54, 1.807) is 24.3 Å². The van der Waals surface area contributed by atoms with Crippen molar-refractivity contribution in [1.82, 2.24) is 0 Å². The monoisotopic (exact) mass is 452 g/mol. The Morgan fingerprint density at radius 3 is 1.39 bits per heavy atom. The molecule has 3 rings (SSSR count). The molecule has 178 valence electrons. The highest BCUT2D eigenvalue weighted by Crippen LogP contribution is 2.30. The minimum atomic E-state index is -0.107. The molecular formula is C28H36O5. The first-order valence-corrected chi connectivity index (χ1v) is 11.5. The van der Waals surface area contributed by atoms with Crippen LogP contribution in [0.1, 0.15) is 50.3 Å². The van der Waals surface area contributed by atoms with E-state index in [0.29, 0.717) is 17.6 Å². The van der Waals surface area contributed by atoms with Crippen molar-refractivity contribution in [3.63, 3.8) is 0 Å². The van der Waals surface area contributed by atoms with Crippen molar-refractivity contribution in [1.29, 1.82) is 0 Å². The molecule has 33 heavy (non-hydrogen) atoms. The molecule has 0 fully saturated rings. The summed E-state index contributed by atoms with van der Waals surface area (Å²) in [7, 11) is 0. The minimum Gasteiger partial charge on any atom is -0.508 e. The first-order valence-electron chi connectivity index (χ1n) is 11.5. The maximum absolute atomic E-state index is 9.54. The highest BCUT2D eigenvalue weighted by Gasteiger charge is 2.15. The van der Waals surface area contributed by atoms with Gasteiger partial charge in [0.15, 0.2) is 23.0 Å². The van der Waals surface area contributed by atoms with Crippen LogP contribution in [-0.2, 0) is 19.3 Å². The van der Waals surface area contributed by atoms with Gasteiger partial charge in [-0.25, -0.2) is 0 Å². The van der Waals surface area contributed by atoms with Crippen molar-refractivity contribution >= 4 is 0 Å². The van der Waals surface area contributed by atoms with Crippen LogP contribution in [0.3, 0.4) is 0 Å². The predicted molar refractivity (Wildman–Crippen MR) is 132 cm³/mol. The Morgan fingerprint density at radius 2 is 1.00 bits per heavy atom. The number of phenols is 5. The van der Waals surface area contributed by atoms with Crippen molar-refractivity contribution in [3.8, 4) is 28.7 Å². The largest absolute Gasteiger partial charge is 0.508 e.